The highest BCUT2D eigenvalue weighted by Gasteiger charge is 2.32. The van der Waals surface area contributed by atoms with E-state index >= 15 is 0 Å². The van der Waals surface area contributed by atoms with Crippen LogP contribution in [0.4, 0.5) is 0 Å². The highest BCUT2D eigenvalue weighted by molar-refractivity contribution is 5.96. The lowest BCUT2D eigenvalue weighted by molar-refractivity contribution is 0.0761. The van der Waals surface area contributed by atoms with Crippen molar-refractivity contribution in [3.8, 4) is 5.75 Å². The van der Waals surface area contributed by atoms with Gasteiger partial charge in [-0.1, -0.05) is 13.3 Å². The van der Waals surface area contributed by atoms with E-state index in [9.17, 15) is 4.79 Å². The van der Waals surface area contributed by atoms with Gasteiger partial charge in [0.05, 0.1) is 12.2 Å². The Morgan fingerprint density at radius 2 is 2.31 bits per heavy atom. The van der Waals surface area contributed by atoms with Gasteiger partial charge in [-0.3, -0.25) is 9.78 Å². The van der Waals surface area contributed by atoms with E-state index in [2.05, 4.69) is 11.9 Å². The number of aromatic nitrogens is 1. The summed E-state index contributed by atoms with van der Waals surface area (Å²) in [5.41, 5.74) is 0.877. The molecule has 1 aromatic heterocycles. The molecule has 1 saturated carbocycles. The summed E-state index contributed by atoms with van der Waals surface area (Å²) in [6.45, 7) is 4.46. The van der Waals surface area contributed by atoms with E-state index in [0.717, 1.165) is 0 Å². The summed E-state index contributed by atoms with van der Waals surface area (Å²) in [6, 6.07) is 1.76. The molecule has 0 saturated heterocycles. The number of rotatable bonds is 4. The van der Waals surface area contributed by atoms with Crippen molar-refractivity contribution in [2.45, 2.75) is 33.1 Å². The lowest BCUT2D eigenvalue weighted by Crippen LogP contribution is -2.32. The maximum Gasteiger partial charge on any atom is 0.165 e. The minimum absolute atomic E-state index is 0.00172. The normalized spacial score (nSPS) is 17.6. The highest BCUT2D eigenvalue weighted by Crippen LogP contribution is 2.40. The molecule has 0 atom stereocenters. The van der Waals surface area contributed by atoms with Crippen molar-refractivity contribution in [3.63, 3.8) is 0 Å². The Morgan fingerprint density at radius 3 is 2.88 bits per heavy atom. The lowest BCUT2D eigenvalue weighted by Gasteiger charge is -2.37. The molecular weight excluding hydrogens is 202 g/mol. The summed E-state index contributed by atoms with van der Waals surface area (Å²) in [6.07, 6.45) is 6.95. The second kappa shape index (κ2) is 4.24. The molecule has 0 aromatic carbocycles. The molecular formula is C13H17NO2. The number of carbonyl (C=O) groups is 1. The molecule has 1 fully saturated rings. The molecule has 3 nitrogen and oxygen atoms in total. The predicted octanol–water partition coefficient (Wildman–Crippen LogP) is 2.85. The summed E-state index contributed by atoms with van der Waals surface area (Å²) >= 11 is 0. The summed E-state index contributed by atoms with van der Waals surface area (Å²) in [7, 11) is 0. The van der Waals surface area contributed by atoms with Gasteiger partial charge in [-0.05, 0) is 25.8 Å². The first kappa shape index (κ1) is 11.1. The molecule has 0 amide bonds. The maximum atomic E-state index is 11.4. The monoisotopic (exact) mass is 219 g/mol. The smallest absolute Gasteiger partial charge is 0.165 e. The zero-order valence-electron chi connectivity index (χ0n) is 9.82. The van der Waals surface area contributed by atoms with Gasteiger partial charge in [0, 0.05) is 17.8 Å². The number of carbonyl (C=O) groups excluding carboxylic acids is 1. The van der Waals surface area contributed by atoms with E-state index in [1.165, 1.54) is 26.2 Å². The molecule has 1 heterocycles. The molecule has 1 aliphatic rings. The van der Waals surface area contributed by atoms with Crippen LogP contribution < -0.4 is 4.74 Å². The minimum Gasteiger partial charge on any atom is -0.492 e. The molecule has 0 N–H and O–H groups in total. The largest absolute Gasteiger partial charge is 0.492 e. The van der Waals surface area contributed by atoms with Gasteiger partial charge in [-0.25, -0.2) is 0 Å². The average Bonchev–Trinajstić information content (AvgIpc) is 2.24. The lowest BCUT2D eigenvalue weighted by atomic mass is 9.71. The molecule has 16 heavy (non-hydrogen) atoms. The van der Waals surface area contributed by atoms with Gasteiger partial charge in [-0.2, -0.15) is 0 Å². The predicted molar refractivity (Wildman–Crippen MR) is 61.7 cm³/mol. The Morgan fingerprint density at radius 1 is 1.56 bits per heavy atom. The number of hydrogen-bond donors (Lipinski definition) is 0. The van der Waals surface area contributed by atoms with Gasteiger partial charge in [0.25, 0.3) is 0 Å². The van der Waals surface area contributed by atoms with Gasteiger partial charge < -0.3 is 4.74 Å². The summed E-state index contributed by atoms with van der Waals surface area (Å²) in [5, 5.41) is 0. The van der Waals surface area contributed by atoms with Crippen LogP contribution in [-0.4, -0.2) is 17.4 Å². The maximum absolute atomic E-state index is 11.4. The topological polar surface area (TPSA) is 39.2 Å². The van der Waals surface area contributed by atoms with Gasteiger partial charge in [0.2, 0.25) is 0 Å². The summed E-state index contributed by atoms with van der Waals surface area (Å²) < 4.78 is 5.74. The first-order valence-corrected chi connectivity index (χ1v) is 5.68. The van der Waals surface area contributed by atoms with Gasteiger partial charge in [0.1, 0.15) is 5.75 Å². The Kier molecular flexibility index (Phi) is 2.95. The van der Waals surface area contributed by atoms with Crippen molar-refractivity contribution in [1.82, 2.24) is 4.98 Å². The van der Waals surface area contributed by atoms with Crippen molar-refractivity contribution in [3.05, 3.63) is 24.0 Å². The fourth-order valence-corrected chi connectivity index (χ4v) is 1.95. The molecule has 0 bridgehead atoms. The fourth-order valence-electron chi connectivity index (χ4n) is 1.95. The molecule has 0 unspecified atom stereocenters. The zero-order chi connectivity index (χ0) is 11.6. The van der Waals surface area contributed by atoms with Crippen LogP contribution in [0.3, 0.4) is 0 Å². The average molecular weight is 219 g/mol. The number of ketones is 1. The number of ether oxygens (including phenoxy) is 1. The highest BCUT2D eigenvalue weighted by atomic mass is 16.5. The van der Waals surface area contributed by atoms with E-state index in [1.807, 2.05) is 0 Å². The summed E-state index contributed by atoms with van der Waals surface area (Å²) in [5.74, 6) is 0.664. The third-order valence-corrected chi connectivity index (χ3v) is 3.30. The second-order valence-corrected chi connectivity index (χ2v) is 4.88. The Bertz CT molecular complexity index is 397. The van der Waals surface area contributed by atoms with Crippen molar-refractivity contribution >= 4 is 5.78 Å². The molecule has 86 valence electrons. The van der Waals surface area contributed by atoms with Crippen molar-refractivity contribution < 1.29 is 9.53 Å². The number of Topliss-reactive ketones (excluding diaryl/α,β-unsaturated/α-hetero) is 1. The van der Waals surface area contributed by atoms with Gasteiger partial charge in [-0.15, -0.1) is 0 Å². The molecule has 0 radical (unpaired) electrons. The molecule has 1 aliphatic carbocycles. The zero-order valence-corrected chi connectivity index (χ0v) is 9.82. The first-order valence-electron chi connectivity index (χ1n) is 5.68. The van der Waals surface area contributed by atoms with Crippen LogP contribution in [0.5, 0.6) is 5.75 Å². The first-order chi connectivity index (χ1) is 7.61. The van der Waals surface area contributed by atoms with Crippen molar-refractivity contribution in [2.75, 3.05) is 6.61 Å². The van der Waals surface area contributed by atoms with E-state index < -0.39 is 0 Å². The number of nitrogens with zero attached hydrogens (tertiary/aromatic N) is 1. The van der Waals surface area contributed by atoms with E-state index in [0.29, 0.717) is 23.3 Å². The molecule has 3 heteroatoms. The van der Waals surface area contributed by atoms with Crippen LogP contribution in [0.2, 0.25) is 0 Å². The summed E-state index contributed by atoms with van der Waals surface area (Å²) in [4.78, 5) is 15.3. The third kappa shape index (κ3) is 2.23. The fraction of sp³-hybridized carbons (Fsp3) is 0.538. The van der Waals surface area contributed by atoms with Crippen molar-refractivity contribution in [1.29, 1.82) is 0 Å². The second-order valence-electron chi connectivity index (χ2n) is 4.88. The van der Waals surface area contributed by atoms with Gasteiger partial charge in [0.15, 0.2) is 5.78 Å². The van der Waals surface area contributed by atoms with E-state index in [-0.39, 0.29) is 5.78 Å². The van der Waals surface area contributed by atoms with Crippen molar-refractivity contribution in [2.24, 2.45) is 5.41 Å². The Balaban J connectivity index is 2.06. The van der Waals surface area contributed by atoms with E-state index in [4.69, 9.17) is 4.74 Å². The van der Waals surface area contributed by atoms with Crippen LogP contribution in [0, 0.1) is 5.41 Å². The van der Waals surface area contributed by atoms with Crippen LogP contribution in [0.15, 0.2) is 18.5 Å². The third-order valence-electron chi connectivity index (χ3n) is 3.30. The number of pyridine rings is 1. The van der Waals surface area contributed by atoms with Crippen LogP contribution in [0.25, 0.3) is 0 Å². The minimum atomic E-state index is 0.00172. The van der Waals surface area contributed by atoms with E-state index in [1.54, 1.807) is 18.5 Å². The van der Waals surface area contributed by atoms with Crippen LogP contribution in [0.1, 0.15) is 43.5 Å². The Hall–Kier alpha value is -1.38. The van der Waals surface area contributed by atoms with Gasteiger partial charge >= 0.3 is 0 Å². The molecule has 2 rings (SSSR count). The standard InChI is InChI=1S/C13H17NO2/c1-10(15)11-8-14-7-4-12(11)16-9-13(2)5-3-6-13/h4,7-8H,3,5-6,9H2,1-2H3. The molecule has 1 aromatic rings. The Labute approximate surface area is 95.8 Å². The van der Waals surface area contributed by atoms with Crippen LogP contribution >= 0.6 is 0 Å². The SMILES string of the molecule is CC(=O)c1cnccc1OCC1(C)CCC1. The quantitative estimate of drug-likeness (QED) is 0.731. The van der Waals surface area contributed by atoms with Crippen LogP contribution in [-0.2, 0) is 0 Å². The molecule has 0 aliphatic heterocycles. The number of hydrogen-bond acceptors (Lipinski definition) is 3. The molecule has 0 spiro atoms.